The van der Waals surface area contributed by atoms with Crippen LogP contribution in [0.4, 0.5) is 0 Å². The summed E-state index contributed by atoms with van der Waals surface area (Å²) in [6, 6.07) is 20.2. The number of benzene rings is 3. The standard InChI is InChI=1S/C22H17BrCl2N2O2/c23-19-11-16(7-10-21(19)29-14-17-3-1-2-4-20(17)25)13-26-27-22(28)12-15-5-8-18(24)9-6-15/h1-11,13H,12,14H2,(H,27,28)/b26-13-. The van der Waals surface area contributed by atoms with Crippen molar-refractivity contribution < 1.29 is 9.53 Å². The number of nitrogens with one attached hydrogen (secondary N) is 1. The van der Waals surface area contributed by atoms with E-state index in [4.69, 9.17) is 27.9 Å². The molecule has 0 aliphatic rings. The van der Waals surface area contributed by atoms with E-state index in [9.17, 15) is 4.79 Å². The maximum Gasteiger partial charge on any atom is 0.244 e. The van der Waals surface area contributed by atoms with Crippen LogP contribution in [0, 0.1) is 0 Å². The van der Waals surface area contributed by atoms with Crippen LogP contribution >= 0.6 is 39.1 Å². The van der Waals surface area contributed by atoms with E-state index >= 15 is 0 Å². The summed E-state index contributed by atoms with van der Waals surface area (Å²) in [6.07, 6.45) is 1.80. The molecule has 0 bridgehead atoms. The van der Waals surface area contributed by atoms with Crippen LogP contribution in [0.2, 0.25) is 10.0 Å². The number of hydrazone groups is 1. The molecule has 148 valence electrons. The Hall–Kier alpha value is -2.34. The van der Waals surface area contributed by atoms with Crippen molar-refractivity contribution in [2.45, 2.75) is 13.0 Å². The van der Waals surface area contributed by atoms with E-state index in [1.807, 2.05) is 54.6 Å². The number of amides is 1. The van der Waals surface area contributed by atoms with Crippen molar-refractivity contribution in [1.29, 1.82) is 0 Å². The number of carbonyl (C=O) groups excluding carboxylic acids is 1. The number of hydrogen-bond acceptors (Lipinski definition) is 3. The molecular weight excluding hydrogens is 475 g/mol. The van der Waals surface area contributed by atoms with E-state index in [1.54, 1.807) is 18.3 Å². The van der Waals surface area contributed by atoms with Gasteiger partial charge in [-0.3, -0.25) is 4.79 Å². The monoisotopic (exact) mass is 490 g/mol. The normalized spacial score (nSPS) is 10.9. The molecule has 0 fully saturated rings. The van der Waals surface area contributed by atoms with Gasteiger partial charge in [0, 0.05) is 15.6 Å². The van der Waals surface area contributed by atoms with Gasteiger partial charge in [-0.1, -0.05) is 53.5 Å². The van der Waals surface area contributed by atoms with Crippen molar-refractivity contribution in [2.24, 2.45) is 5.10 Å². The zero-order chi connectivity index (χ0) is 20.6. The highest BCUT2D eigenvalue weighted by molar-refractivity contribution is 9.10. The zero-order valence-electron chi connectivity index (χ0n) is 15.2. The van der Waals surface area contributed by atoms with Crippen LogP contribution in [0.25, 0.3) is 0 Å². The van der Waals surface area contributed by atoms with Crippen molar-refractivity contribution in [3.05, 3.63) is 97.9 Å². The average molecular weight is 492 g/mol. The Kier molecular flexibility index (Phi) is 7.69. The second-order valence-electron chi connectivity index (χ2n) is 6.17. The Morgan fingerprint density at radius 1 is 1.07 bits per heavy atom. The van der Waals surface area contributed by atoms with Crippen LogP contribution in [0.15, 0.2) is 76.3 Å². The molecule has 0 spiro atoms. The van der Waals surface area contributed by atoms with Crippen molar-refractivity contribution in [3.63, 3.8) is 0 Å². The van der Waals surface area contributed by atoms with Gasteiger partial charge < -0.3 is 4.74 Å². The lowest BCUT2D eigenvalue weighted by Crippen LogP contribution is -2.19. The highest BCUT2D eigenvalue weighted by atomic mass is 79.9. The van der Waals surface area contributed by atoms with Crippen LogP contribution in [0.5, 0.6) is 5.75 Å². The molecule has 0 aliphatic carbocycles. The van der Waals surface area contributed by atoms with E-state index in [0.717, 1.165) is 21.2 Å². The Morgan fingerprint density at radius 3 is 2.55 bits per heavy atom. The highest BCUT2D eigenvalue weighted by Crippen LogP contribution is 2.27. The first-order valence-electron chi connectivity index (χ1n) is 8.73. The minimum atomic E-state index is -0.206. The third kappa shape index (κ3) is 6.60. The lowest BCUT2D eigenvalue weighted by molar-refractivity contribution is -0.120. The molecule has 0 heterocycles. The molecule has 0 unspecified atom stereocenters. The first kappa shape index (κ1) is 21.4. The molecule has 4 nitrogen and oxygen atoms in total. The minimum Gasteiger partial charge on any atom is -0.488 e. The molecule has 7 heteroatoms. The van der Waals surface area contributed by atoms with Gasteiger partial charge in [-0.05, 0) is 63.5 Å². The first-order chi connectivity index (χ1) is 14.0. The molecule has 3 rings (SSSR count). The summed E-state index contributed by atoms with van der Waals surface area (Å²) in [7, 11) is 0. The van der Waals surface area contributed by atoms with Gasteiger partial charge >= 0.3 is 0 Å². The Bertz CT molecular complexity index is 1020. The number of halogens is 3. The van der Waals surface area contributed by atoms with Crippen LogP contribution in [-0.4, -0.2) is 12.1 Å². The van der Waals surface area contributed by atoms with Crippen LogP contribution < -0.4 is 10.2 Å². The van der Waals surface area contributed by atoms with E-state index in [-0.39, 0.29) is 12.3 Å². The molecule has 0 aliphatic heterocycles. The second-order valence-corrected chi connectivity index (χ2v) is 7.86. The molecule has 0 atom stereocenters. The molecule has 3 aromatic rings. The lowest BCUT2D eigenvalue weighted by Gasteiger charge is -2.10. The molecule has 0 radical (unpaired) electrons. The largest absolute Gasteiger partial charge is 0.488 e. The van der Waals surface area contributed by atoms with Crippen molar-refractivity contribution in [2.75, 3.05) is 0 Å². The van der Waals surface area contributed by atoms with Gasteiger partial charge in [0.1, 0.15) is 12.4 Å². The first-order valence-corrected chi connectivity index (χ1v) is 10.3. The third-order valence-corrected chi connectivity index (χ3v) is 5.22. The van der Waals surface area contributed by atoms with Crippen LogP contribution in [0.3, 0.4) is 0 Å². The average Bonchev–Trinajstić information content (AvgIpc) is 2.70. The summed E-state index contributed by atoms with van der Waals surface area (Å²) < 4.78 is 6.60. The molecular formula is C22H17BrCl2N2O2. The SMILES string of the molecule is O=C(Cc1ccc(Cl)cc1)N/N=C\c1ccc(OCc2ccccc2Cl)c(Br)c1. The lowest BCUT2D eigenvalue weighted by atomic mass is 10.1. The summed E-state index contributed by atoms with van der Waals surface area (Å²) in [4.78, 5) is 12.0. The Balaban J connectivity index is 1.53. The van der Waals surface area contributed by atoms with Gasteiger partial charge in [0.25, 0.3) is 0 Å². The van der Waals surface area contributed by atoms with Gasteiger partial charge in [-0.15, -0.1) is 0 Å². The highest BCUT2D eigenvalue weighted by Gasteiger charge is 2.05. The Labute approximate surface area is 187 Å². The molecule has 1 amide bonds. The second kappa shape index (κ2) is 10.4. The predicted octanol–water partition coefficient (Wildman–Crippen LogP) is 6.03. The molecule has 0 saturated heterocycles. The van der Waals surface area contributed by atoms with E-state index in [1.165, 1.54) is 0 Å². The summed E-state index contributed by atoms with van der Waals surface area (Å²) in [5.41, 5.74) is 5.11. The zero-order valence-corrected chi connectivity index (χ0v) is 18.3. The van der Waals surface area contributed by atoms with Crippen LogP contribution in [0.1, 0.15) is 16.7 Å². The molecule has 1 N–H and O–H groups in total. The summed E-state index contributed by atoms with van der Waals surface area (Å²) in [5, 5.41) is 5.31. The minimum absolute atomic E-state index is 0.206. The summed E-state index contributed by atoms with van der Waals surface area (Å²) in [5.74, 6) is 0.483. The van der Waals surface area contributed by atoms with Crippen LogP contribution in [-0.2, 0) is 17.8 Å². The smallest absolute Gasteiger partial charge is 0.244 e. The van der Waals surface area contributed by atoms with E-state index < -0.39 is 0 Å². The quantitative estimate of drug-likeness (QED) is 0.324. The maximum absolute atomic E-state index is 12.0. The molecule has 0 aromatic heterocycles. The molecule has 3 aromatic carbocycles. The topological polar surface area (TPSA) is 50.7 Å². The Morgan fingerprint density at radius 2 is 1.83 bits per heavy atom. The van der Waals surface area contributed by atoms with Crippen molar-refractivity contribution in [1.82, 2.24) is 5.43 Å². The summed E-state index contributed by atoms with van der Waals surface area (Å²) >= 11 is 15.5. The van der Waals surface area contributed by atoms with Gasteiger partial charge in [-0.25, -0.2) is 5.43 Å². The molecule has 29 heavy (non-hydrogen) atoms. The third-order valence-electron chi connectivity index (χ3n) is 3.98. The maximum atomic E-state index is 12.0. The van der Waals surface area contributed by atoms with Crippen molar-refractivity contribution in [3.8, 4) is 5.75 Å². The van der Waals surface area contributed by atoms with Gasteiger partial charge in [0.2, 0.25) is 5.91 Å². The van der Waals surface area contributed by atoms with Gasteiger partial charge in [-0.2, -0.15) is 5.10 Å². The fourth-order valence-electron chi connectivity index (χ4n) is 2.49. The van der Waals surface area contributed by atoms with Gasteiger partial charge in [0.15, 0.2) is 0 Å². The number of rotatable bonds is 7. The fraction of sp³-hybridized carbons (Fsp3) is 0.0909. The van der Waals surface area contributed by atoms with Crippen molar-refractivity contribution >= 4 is 51.3 Å². The fourth-order valence-corrected chi connectivity index (χ4v) is 3.32. The van der Waals surface area contributed by atoms with E-state index in [0.29, 0.717) is 22.4 Å². The number of hydrogen-bond donors (Lipinski definition) is 1. The van der Waals surface area contributed by atoms with E-state index in [2.05, 4.69) is 26.5 Å². The number of carbonyl (C=O) groups is 1. The number of nitrogens with zero attached hydrogens (tertiary/aromatic N) is 1. The van der Waals surface area contributed by atoms with Gasteiger partial charge in [0.05, 0.1) is 17.1 Å². The molecule has 0 saturated carbocycles. The number of ether oxygens (including phenoxy) is 1. The predicted molar refractivity (Wildman–Crippen MR) is 121 cm³/mol. The summed E-state index contributed by atoms with van der Waals surface area (Å²) in [6.45, 7) is 0.368.